The first-order valence-corrected chi connectivity index (χ1v) is 12.4. The van der Waals surface area contributed by atoms with Crippen LogP contribution >= 0.6 is 24.0 Å². The summed E-state index contributed by atoms with van der Waals surface area (Å²) in [7, 11) is -0.889. The van der Waals surface area contributed by atoms with Gasteiger partial charge in [-0.15, -0.1) is 24.0 Å². The van der Waals surface area contributed by atoms with Crippen LogP contribution in [0, 0.1) is 0 Å². The number of nitrogens with zero attached hydrogens (tertiary/aromatic N) is 2. The molecule has 5 nitrogen and oxygen atoms in total. The zero-order chi connectivity index (χ0) is 21.0. The molecule has 1 fully saturated rings. The van der Waals surface area contributed by atoms with Gasteiger partial charge in [0.05, 0.1) is 12.6 Å². The van der Waals surface area contributed by atoms with Gasteiger partial charge in [-0.1, -0.05) is 60.7 Å². The average Bonchev–Trinajstić information content (AvgIpc) is 3.30. The second kappa shape index (κ2) is 14.6. The number of aliphatic imine (C=N–C) groups is 1. The van der Waals surface area contributed by atoms with Crippen molar-refractivity contribution in [2.24, 2.45) is 4.99 Å². The number of halogens is 1. The van der Waals surface area contributed by atoms with E-state index in [0.29, 0.717) is 30.6 Å². The molecule has 0 spiro atoms. The summed E-state index contributed by atoms with van der Waals surface area (Å²) in [5, 5.41) is 6.69. The molecule has 0 amide bonds. The van der Waals surface area contributed by atoms with E-state index in [1.165, 1.54) is 18.4 Å². The van der Waals surface area contributed by atoms with E-state index >= 15 is 0 Å². The van der Waals surface area contributed by atoms with Gasteiger partial charge < -0.3 is 10.6 Å². The second-order valence-electron chi connectivity index (χ2n) is 7.59. The molecule has 170 valence electrons. The van der Waals surface area contributed by atoms with Crippen LogP contribution in [0.1, 0.15) is 36.9 Å². The molecule has 1 saturated heterocycles. The fourth-order valence-corrected chi connectivity index (χ4v) is 4.83. The minimum atomic E-state index is -0.889. The first kappa shape index (κ1) is 25.8. The van der Waals surface area contributed by atoms with E-state index in [4.69, 9.17) is 4.99 Å². The number of likely N-dealkylation sites (tertiary alicyclic amines) is 1. The Morgan fingerprint density at radius 2 is 1.68 bits per heavy atom. The van der Waals surface area contributed by atoms with Crippen LogP contribution in [0.2, 0.25) is 0 Å². The van der Waals surface area contributed by atoms with Crippen LogP contribution in [0.15, 0.2) is 65.7 Å². The first-order valence-electron chi connectivity index (χ1n) is 11.0. The van der Waals surface area contributed by atoms with Crippen LogP contribution in [0.5, 0.6) is 0 Å². The van der Waals surface area contributed by atoms with Crippen molar-refractivity contribution in [2.45, 2.75) is 31.6 Å². The molecule has 0 aromatic heterocycles. The summed E-state index contributed by atoms with van der Waals surface area (Å²) in [5.74, 6) is 2.00. The Balaban J connectivity index is 0.00000341. The summed E-state index contributed by atoms with van der Waals surface area (Å²) in [4.78, 5) is 7.41. The molecule has 1 aliphatic heterocycles. The first-order chi connectivity index (χ1) is 14.8. The van der Waals surface area contributed by atoms with Crippen LogP contribution in [-0.4, -0.2) is 53.5 Å². The van der Waals surface area contributed by atoms with Gasteiger partial charge >= 0.3 is 0 Å². The fourth-order valence-electron chi connectivity index (χ4n) is 3.80. The number of rotatable bonds is 10. The highest BCUT2D eigenvalue weighted by atomic mass is 127. The van der Waals surface area contributed by atoms with Crippen molar-refractivity contribution in [3.05, 3.63) is 71.8 Å². The highest BCUT2D eigenvalue weighted by Gasteiger charge is 2.23. The maximum Gasteiger partial charge on any atom is 0.191 e. The summed E-state index contributed by atoms with van der Waals surface area (Å²) in [6.45, 7) is 6.51. The van der Waals surface area contributed by atoms with Crippen molar-refractivity contribution in [3.63, 3.8) is 0 Å². The largest absolute Gasteiger partial charge is 0.357 e. The molecular weight excluding hydrogens is 519 g/mol. The molecule has 2 aromatic carbocycles. The van der Waals surface area contributed by atoms with Gasteiger partial charge in [0, 0.05) is 35.4 Å². The normalized spacial score (nSPS) is 16.4. The predicted molar refractivity (Wildman–Crippen MR) is 143 cm³/mol. The third-order valence-electron chi connectivity index (χ3n) is 5.32. The van der Waals surface area contributed by atoms with Crippen molar-refractivity contribution in [2.75, 3.05) is 38.5 Å². The zero-order valence-electron chi connectivity index (χ0n) is 18.3. The maximum atomic E-state index is 12.4. The molecular formula is C24H35IN4OS. The smallest absolute Gasteiger partial charge is 0.191 e. The molecule has 31 heavy (non-hydrogen) atoms. The molecule has 2 unspecified atom stereocenters. The molecule has 0 radical (unpaired) electrons. The third-order valence-corrected chi connectivity index (χ3v) is 6.64. The number of nitrogens with one attached hydrogen (secondary N) is 2. The molecule has 2 N–H and O–H groups in total. The molecule has 0 aliphatic carbocycles. The summed E-state index contributed by atoms with van der Waals surface area (Å²) in [5.41, 5.74) is 2.44. The van der Waals surface area contributed by atoms with E-state index in [1.807, 2.05) is 30.3 Å². The minimum Gasteiger partial charge on any atom is -0.357 e. The SMILES string of the molecule is CCNC(=NCC(c1ccccc1)N1CCCC1)NCCS(=O)Cc1ccccc1.I. The van der Waals surface area contributed by atoms with Crippen LogP contribution in [0.3, 0.4) is 0 Å². The Labute approximate surface area is 206 Å². The van der Waals surface area contributed by atoms with Crippen LogP contribution in [0.4, 0.5) is 0 Å². The van der Waals surface area contributed by atoms with Gasteiger partial charge in [0.1, 0.15) is 0 Å². The highest BCUT2D eigenvalue weighted by Crippen LogP contribution is 2.25. The molecule has 0 saturated carbocycles. The summed E-state index contributed by atoms with van der Waals surface area (Å²) in [6.07, 6.45) is 2.52. The quantitative estimate of drug-likeness (QED) is 0.266. The van der Waals surface area contributed by atoms with Crippen molar-refractivity contribution in [3.8, 4) is 0 Å². The van der Waals surface area contributed by atoms with Gasteiger partial charge in [0.25, 0.3) is 0 Å². The van der Waals surface area contributed by atoms with Gasteiger partial charge in [0.2, 0.25) is 0 Å². The molecule has 1 aliphatic rings. The highest BCUT2D eigenvalue weighted by molar-refractivity contribution is 14.0. The Morgan fingerprint density at radius 3 is 2.32 bits per heavy atom. The van der Waals surface area contributed by atoms with Gasteiger partial charge in [-0.2, -0.15) is 0 Å². The average molecular weight is 555 g/mol. The van der Waals surface area contributed by atoms with Crippen LogP contribution in [0.25, 0.3) is 0 Å². The summed E-state index contributed by atoms with van der Waals surface area (Å²) >= 11 is 0. The minimum absolute atomic E-state index is 0. The van der Waals surface area contributed by atoms with E-state index in [2.05, 4.69) is 52.8 Å². The van der Waals surface area contributed by atoms with Gasteiger partial charge in [0.15, 0.2) is 5.96 Å². The van der Waals surface area contributed by atoms with Crippen molar-refractivity contribution in [1.82, 2.24) is 15.5 Å². The molecule has 3 rings (SSSR count). The van der Waals surface area contributed by atoms with E-state index in [9.17, 15) is 4.21 Å². The summed E-state index contributed by atoms with van der Waals surface area (Å²) in [6, 6.07) is 21.0. The van der Waals surface area contributed by atoms with Gasteiger partial charge in [-0.05, 0) is 44.0 Å². The monoisotopic (exact) mass is 554 g/mol. The predicted octanol–water partition coefficient (Wildman–Crippen LogP) is 3.95. The van der Waals surface area contributed by atoms with Crippen molar-refractivity contribution < 1.29 is 4.21 Å². The Hall–Kier alpha value is -1.45. The number of hydrogen-bond donors (Lipinski definition) is 2. The lowest BCUT2D eigenvalue weighted by atomic mass is 10.1. The summed E-state index contributed by atoms with van der Waals surface area (Å²) < 4.78 is 12.4. The Morgan fingerprint density at radius 1 is 1.03 bits per heavy atom. The number of guanidine groups is 1. The molecule has 1 heterocycles. The van der Waals surface area contributed by atoms with E-state index < -0.39 is 10.8 Å². The van der Waals surface area contributed by atoms with Crippen molar-refractivity contribution >= 4 is 40.7 Å². The maximum absolute atomic E-state index is 12.4. The van der Waals surface area contributed by atoms with Crippen LogP contribution in [-0.2, 0) is 16.6 Å². The molecule has 0 bridgehead atoms. The standard InChI is InChI=1S/C24H34N4OS.HI/c1-2-25-24(26-15-18-30(29)20-21-11-5-3-6-12-21)27-19-23(28-16-9-10-17-28)22-13-7-4-8-14-22;/h3-8,11-14,23H,2,9-10,15-20H2,1H3,(H2,25,26,27);1H. The molecule has 7 heteroatoms. The van der Waals surface area contributed by atoms with E-state index in [0.717, 1.165) is 31.2 Å². The van der Waals surface area contributed by atoms with E-state index in [-0.39, 0.29) is 24.0 Å². The number of hydrogen-bond acceptors (Lipinski definition) is 3. The lowest BCUT2D eigenvalue weighted by Gasteiger charge is -2.27. The number of benzene rings is 2. The zero-order valence-corrected chi connectivity index (χ0v) is 21.5. The van der Waals surface area contributed by atoms with E-state index in [1.54, 1.807) is 0 Å². The fraction of sp³-hybridized carbons (Fsp3) is 0.458. The van der Waals surface area contributed by atoms with Crippen molar-refractivity contribution in [1.29, 1.82) is 0 Å². The third kappa shape index (κ3) is 8.90. The lowest BCUT2D eigenvalue weighted by Crippen LogP contribution is -2.40. The lowest BCUT2D eigenvalue weighted by molar-refractivity contribution is 0.251. The van der Waals surface area contributed by atoms with Gasteiger partial charge in [-0.3, -0.25) is 14.1 Å². The topological polar surface area (TPSA) is 56.7 Å². The van der Waals surface area contributed by atoms with Gasteiger partial charge in [-0.25, -0.2) is 0 Å². The van der Waals surface area contributed by atoms with Crippen LogP contribution < -0.4 is 10.6 Å². The molecule has 2 atom stereocenters. The second-order valence-corrected chi connectivity index (χ2v) is 9.17. The Kier molecular flexibility index (Phi) is 12.1. The molecule has 2 aromatic rings. The Bertz CT molecular complexity index is 798.